The number of anilines is 1. The van der Waals surface area contributed by atoms with Crippen molar-refractivity contribution >= 4 is 62.1 Å². The molecule has 2 amide bonds. The summed E-state index contributed by atoms with van der Waals surface area (Å²) in [5.74, 6) is -12.3. The SMILES string of the molecule is Nc1nc(/C(=N/OC2(C(=O)O)CCC(F)(F)CC2)C(=O)N[C@H]2CON(C3(C(=O)O)CC(N4C=C5C=C(O)C(O)=CN5S4(=O)=O)C(=O)O3)C2=O)cs1. The Kier molecular flexibility index (Phi) is 8.33. The van der Waals surface area contributed by atoms with Gasteiger partial charge in [0.1, 0.15) is 24.4 Å². The van der Waals surface area contributed by atoms with Crippen LogP contribution in [0.4, 0.5) is 13.9 Å². The van der Waals surface area contributed by atoms with Crippen LogP contribution in [-0.4, -0.2) is 119 Å². The number of alkyl halides is 2. The van der Waals surface area contributed by atoms with E-state index in [1.165, 1.54) is 5.38 Å². The van der Waals surface area contributed by atoms with Gasteiger partial charge in [-0.1, -0.05) is 5.16 Å². The summed E-state index contributed by atoms with van der Waals surface area (Å²) in [5, 5.41) is 46.6. The van der Waals surface area contributed by atoms with Crippen molar-refractivity contribution < 1.29 is 76.0 Å². The van der Waals surface area contributed by atoms with Gasteiger partial charge in [0.05, 0.1) is 18.3 Å². The van der Waals surface area contributed by atoms with Crippen LogP contribution in [0, 0.1) is 0 Å². The van der Waals surface area contributed by atoms with Crippen LogP contribution in [0.1, 0.15) is 37.8 Å². The molecule has 274 valence electrons. The predicted octanol–water partition coefficient (Wildman–Crippen LogP) is -0.608. The van der Waals surface area contributed by atoms with E-state index in [-0.39, 0.29) is 21.6 Å². The van der Waals surface area contributed by atoms with E-state index in [2.05, 4.69) is 15.5 Å². The van der Waals surface area contributed by atoms with Crippen LogP contribution in [0.25, 0.3) is 0 Å². The summed E-state index contributed by atoms with van der Waals surface area (Å²) in [7, 11) is -4.69. The lowest BCUT2D eigenvalue weighted by Gasteiger charge is -2.34. The average molecular weight is 762 g/mol. The second kappa shape index (κ2) is 12.0. The van der Waals surface area contributed by atoms with E-state index >= 15 is 0 Å². The number of carbonyl (C=O) groups excluding carboxylic acids is 3. The normalized spacial score (nSPS) is 28.0. The molecule has 2 unspecified atom stereocenters. The van der Waals surface area contributed by atoms with Crippen molar-refractivity contribution in [1.29, 1.82) is 0 Å². The molecule has 1 aromatic rings. The highest BCUT2D eigenvalue weighted by Crippen LogP contribution is 2.42. The molecule has 4 aliphatic heterocycles. The number of nitrogens with two attached hydrogens (primary N) is 1. The first kappa shape index (κ1) is 35.3. The number of aliphatic hydroxyl groups is 2. The number of esters is 1. The minimum Gasteiger partial charge on any atom is -0.504 e. The third-order valence-corrected chi connectivity index (χ3v) is 10.8. The number of aliphatic hydroxyl groups excluding tert-OH is 2. The van der Waals surface area contributed by atoms with Crippen molar-refractivity contribution in [3.05, 3.63) is 46.8 Å². The van der Waals surface area contributed by atoms with Gasteiger partial charge < -0.3 is 41.1 Å². The molecule has 3 atom stereocenters. The second-order valence-corrected chi connectivity index (χ2v) is 14.3. The fourth-order valence-corrected chi connectivity index (χ4v) is 7.74. The topological polar surface area (TPSA) is 301 Å². The van der Waals surface area contributed by atoms with Gasteiger partial charge in [0.25, 0.3) is 11.8 Å². The Morgan fingerprint density at radius 1 is 1.10 bits per heavy atom. The number of nitrogens with one attached hydrogen (secondary N) is 1. The maximum Gasteiger partial charge on any atom is 0.372 e. The van der Waals surface area contributed by atoms with Gasteiger partial charge in [-0.15, -0.1) is 11.3 Å². The molecule has 0 radical (unpaired) electrons. The summed E-state index contributed by atoms with van der Waals surface area (Å²) in [6.45, 7) is -0.767. The standard InChI is InChI=1S/C26H25F2N7O14S2/c27-25(28)3-1-24(2-4-25,21(41)42)49-32-17(13-10-50-23(29)31-13)18(38)30-12-9-47-35(19(12)39)26(22(43)44)6-14(20(40)48-26)34-7-11-5-15(36)16(37)8-33(11)51(34,45)46/h5,7-8,10,12,14,36-37H,1-4,6,9H2,(H2,29,31)(H,30,38)(H,41,42)(H,43,44)/b32-17-/t12-,14?,26?/m0/s1. The van der Waals surface area contributed by atoms with Crippen LogP contribution < -0.4 is 11.1 Å². The Bertz CT molecular complexity index is 1970. The summed E-state index contributed by atoms with van der Waals surface area (Å²) in [5.41, 5.74) is -0.791. The molecule has 3 fully saturated rings. The van der Waals surface area contributed by atoms with Gasteiger partial charge in [-0.05, 0) is 0 Å². The molecule has 2 saturated heterocycles. The number of nitrogen functional groups attached to an aromatic ring is 1. The first-order valence-corrected chi connectivity index (χ1v) is 16.8. The van der Waals surface area contributed by atoms with Gasteiger partial charge in [-0.3, -0.25) is 14.4 Å². The Labute approximate surface area is 287 Å². The minimum atomic E-state index is -4.69. The number of aromatic nitrogens is 1. The fourth-order valence-electron chi connectivity index (χ4n) is 5.67. The number of oxime groups is 1. The van der Waals surface area contributed by atoms with Crippen LogP contribution in [0.3, 0.4) is 0 Å². The van der Waals surface area contributed by atoms with Crippen molar-refractivity contribution in [3.8, 4) is 0 Å². The number of carboxylic acid groups (broad SMARTS) is 2. The number of cyclic esters (lactones) is 1. The molecule has 1 saturated carbocycles. The number of hydrogen-bond acceptors (Lipinski definition) is 16. The van der Waals surface area contributed by atoms with Crippen molar-refractivity contribution in [1.82, 2.24) is 24.0 Å². The van der Waals surface area contributed by atoms with Crippen LogP contribution in [0.2, 0.25) is 0 Å². The molecular weight excluding hydrogens is 736 g/mol. The van der Waals surface area contributed by atoms with E-state index < -0.39 is 125 Å². The first-order chi connectivity index (χ1) is 23.8. The summed E-state index contributed by atoms with van der Waals surface area (Å²) in [4.78, 5) is 78.9. The molecule has 1 aromatic heterocycles. The van der Waals surface area contributed by atoms with Gasteiger partial charge in [-0.25, -0.2) is 36.8 Å². The number of hydroxylamine groups is 2. The molecule has 0 aromatic carbocycles. The molecule has 25 heteroatoms. The fraction of sp³-hybridized carbons (Fsp3) is 0.423. The lowest BCUT2D eigenvalue weighted by atomic mass is 9.83. The monoisotopic (exact) mass is 761 g/mol. The number of aliphatic carboxylic acids is 2. The van der Waals surface area contributed by atoms with E-state index in [1.54, 1.807) is 0 Å². The van der Waals surface area contributed by atoms with Gasteiger partial charge in [-0.2, -0.15) is 13.5 Å². The first-order valence-electron chi connectivity index (χ1n) is 14.5. The third-order valence-electron chi connectivity index (χ3n) is 8.44. The molecule has 21 nitrogen and oxygen atoms in total. The Morgan fingerprint density at radius 2 is 1.78 bits per heavy atom. The highest BCUT2D eigenvalue weighted by Gasteiger charge is 2.65. The third kappa shape index (κ3) is 5.90. The van der Waals surface area contributed by atoms with Crippen LogP contribution >= 0.6 is 11.3 Å². The molecule has 0 bridgehead atoms. The lowest BCUT2D eigenvalue weighted by molar-refractivity contribution is -0.256. The number of ether oxygens (including phenoxy) is 1. The Balaban J connectivity index is 1.22. The van der Waals surface area contributed by atoms with Gasteiger partial charge >= 0.3 is 33.8 Å². The summed E-state index contributed by atoms with van der Waals surface area (Å²) < 4.78 is 60.0. The van der Waals surface area contributed by atoms with E-state index in [1.807, 2.05) is 0 Å². The average Bonchev–Trinajstić information content (AvgIpc) is 3.79. The number of nitrogens with zero attached hydrogens (tertiary/aromatic N) is 5. The highest BCUT2D eigenvalue weighted by molar-refractivity contribution is 7.87. The lowest BCUT2D eigenvalue weighted by Crippen LogP contribution is -2.57. The maximum atomic E-state index is 13.8. The molecule has 6 rings (SSSR count). The second-order valence-electron chi connectivity index (χ2n) is 11.7. The number of carboxylic acids is 2. The number of thiazole rings is 1. The number of halogens is 2. The van der Waals surface area contributed by atoms with Gasteiger partial charge in [0, 0.05) is 43.3 Å². The number of rotatable bonds is 9. The van der Waals surface area contributed by atoms with Gasteiger partial charge in [0.2, 0.25) is 11.5 Å². The Morgan fingerprint density at radius 3 is 2.39 bits per heavy atom. The van der Waals surface area contributed by atoms with Crippen molar-refractivity contribution in [3.63, 3.8) is 0 Å². The maximum absolute atomic E-state index is 13.8. The van der Waals surface area contributed by atoms with Crippen LogP contribution in [-0.2, 0) is 48.6 Å². The smallest absolute Gasteiger partial charge is 0.372 e. The van der Waals surface area contributed by atoms with Crippen molar-refractivity contribution in [2.24, 2.45) is 5.16 Å². The largest absolute Gasteiger partial charge is 0.504 e. The van der Waals surface area contributed by atoms with E-state index in [0.29, 0.717) is 14.8 Å². The number of amides is 2. The van der Waals surface area contributed by atoms with Crippen LogP contribution in [0.5, 0.6) is 0 Å². The molecule has 7 N–H and O–H groups in total. The summed E-state index contributed by atoms with van der Waals surface area (Å²) >= 11 is 0.833. The molecule has 0 spiro atoms. The van der Waals surface area contributed by atoms with Crippen molar-refractivity contribution in [2.75, 3.05) is 12.3 Å². The zero-order chi connectivity index (χ0) is 37.3. The van der Waals surface area contributed by atoms with Crippen molar-refractivity contribution in [2.45, 2.75) is 61.4 Å². The number of hydrogen-bond donors (Lipinski definition) is 6. The quantitative estimate of drug-likeness (QED) is 0.104. The molecule has 5 aliphatic rings. The molecule has 51 heavy (non-hydrogen) atoms. The van der Waals surface area contributed by atoms with E-state index in [0.717, 1.165) is 23.6 Å². The molecular formula is C26H25F2N7O14S2. The minimum absolute atomic E-state index is 0.0735. The predicted molar refractivity (Wildman–Crippen MR) is 160 cm³/mol. The molecule has 1 aliphatic carbocycles. The zero-order valence-electron chi connectivity index (χ0n) is 25.5. The zero-order valence-corrected chi connectivity index (χ0v) is 27.1. The number of allylic oxidation sites excluding steroid dienone is 1. The van der Waals surface area contributed by atoms with E-state index in [4.69, 9.17) is 20.1 Å². The number of fused-ring (bicyclic) bond motifs is 1. The van der Waals surface area contributed by atoms with Gasteiger partial charge in [0.15, 0.2) is 22.4 Å². The molecule has 5 heterocycles. The Hall–Kier alpha value is -5.56. The van der Waals surface area contributed by atoms with E-state index in [9.17, 15) is 61.6 Å². The highest BCUT2D eigenvalue weighted by atomic mass is 32.2. The summed E-state index contributed by atoms with van der Waals surface area (Å²) in [6.07, 6.45) is -1.71. The van der Waals surface area contributed by atoms with Crippen LogP contribution in [0.15, 0.2) is 46.2 Å². The summed E-state index contributed by atoms with van der Waals surface area (Å²) in [6, 6.07) is -3.63. The number of carbonyl (C=O) groups is 5.